The van der Waals surface area contributed by atoms with Crippen molar-refractivity contribution in [1.82, 2.24) is 10.3 Å². The molecule has 0 saturated carbocycles. The Morgan fingerprint density at radius 3 is 2.59 bits per heavy atom. The molecule has 0 aliphatic heterocycles. The Hall–Kier alpha value is -1.85. The lowest BCUT2D eigenvalue weighted by atomic mass is 10.0. The summed E-state index contributed by atoms with van der Waals surface area (Å²) in [5, 5.41) is 11.4. The lowest BCUT2D eigenvalue weighted by molar-refractivity contribution is -0.143. The van der Waals surface area contributed by atoms with Crippen LogP contribution >= 0.6 is 0 Å². The second-order valence-corrected chi connectivity index (χ2v) is 4.16. The highest BCUT2D eigenvalue weighted by Gasteiger charge is 2.23. The number of hydrogen-bond acceptors (Lipinski definition) is 4. The average Bonchev–Trinajstić information content (AvgIpc) is 2.59. The maximum atomic E-state index is 11.6. The standard InChI is InChI=1S/C11H16N2O4/c1-6(2)10(11(15)16)13-9(14)4-8-5-17-7(3)12-8/h5-6,10H,4H2,1-3H3,(H,13,14)(H,15,16)/t10-/m0/s1. The Morgan fingerprint density at radius 2 is 2.18 bits per heavy atom. The molecule has 2 N–H and O–H groups in total. The van der Waals surface area contributed by atoms with E-state index < -0.39 is 12.0 Å². The first-order valence-corrected chi connectivity index (χ1v) is 5.33. The summed E-state index contributed by atoms with van der Waals surface area (Å²) in [6.07, 6.45) is 1.41. The third-order valence-corrected chi connectivity index (χ3v) is 2.26. The van der Waals surface area contributed by atoms with Crippen LogP contribution in [0.5, 0.6) is 0 Å². The predicted molar refractivity (Wildman–Crippen MR) is 59.3 cm³/mol. The summed E-state index contributed by atoms with van der Waals surface area (Å²) in [5.74, 6) is -1.11. The Kier molecular flexibility index (Phi) is 4.25. The molecule has 94 valence electrons. The van der Waals surface area contributed by atoms with E-state index in [4.69, 9.17) is 9.52 Å². The van der Waals surface area contributed by atoms with Crippen LogP contribution in [-0.4, -0.2) is 28.0 Å². The number of rotatable bonds is 5. The van der Waals surface area contributed by atoms with Crippen molar-refractivity contribution in [1.29, 1.82) is 0 Å². The zero-order valence-electron chi connectivity index (χ0n) is 10.1. The van der Waals surface area contributed by atoms with Gasteiger partial charge in [0.15, 0.2) is 5.89 Å². The van der Waals surface area contributed by atoms with E-state index in [1.54, 1.807) is 20.8 Å². The first kappa shape index (κ1) is 13.2. The summed E-state index contributed by atoms with van der Waals surface area (Å²) in [5.41, 5.74) is 0.493. The van der Waals surface area contributed by atoms with Crippen molar-refractivity contribution < 1.29 is 19.1 Å². The van der Waals surface area contributed by atoms with Crippen LogP contribution in [-0.2, 0) is 16.0 Å². The van der Waals surface area contributed by atoms with E-state index in [0.717, 1.165) is 0 Å². The molecule has 0 aromatic carbocycles. The molecule has 6 heteroatoms. The van der Waals surface area contributed by atoms with Crippen LogP contribution in [0.25, 0.3) is 0 Å². The fourth-order valence-electron chi connectivity index (χ4n) is 1.39. The quantitative estimate of drug-likeness (QED) is 0.792. The molecular weight excluding hydrogens is 224 g/mol. The second-order valence-electron chi connectivity index (χ2n) is 4.16. The maximum Gasteiger partial charge on any atom is 0.326 e. The van der Waals surface area contributed by atoms with E-state index in [1.807, 2.05) is 0 Å². The molecule has 1 aromatic rings. The molecule has 0 fully saturated rings. The lowest BCUT2D eigenvalue weighted by Crippen LogP contribution is -2.44. The van der Waals surface area contributed by atoms with Gasteiger partial charge in [0.2, 0.25) is 5.91 Å². The molecule has 0 radical (unpaired) electrons. The summed E-state index contributed by atoms with van der Waals surface area (Å²) < 4.78 is 4.96. The number of nitrogens with zero attached hydrogens (tertiary/aromatic N) is 1. The van der Waals surface area contributed by atoms with Gasteiger partial charge in [0.05, 0.1) is 12.1 Å². The molecule has 6 nitrogen and oxygen atoms in total. The normalized spacial score (nSPS) is 12.5. The molecule has 1 aromatic heterocycles. The zero-order valence-corrected chi connectivity index (χ0v) is 10.1. The molecule has 1 heterocycles. The van der Waals surface area contributed by atoms with Crippen LogP contribution in [0.2, 0.25) is 0 Å². The van der Waals surface area contributed by atoms with E-state index in [1.165, 1.54) is 6.26 Å². The maximum absolute atomic E-state index is 11.6. The molecule has 0 bridgehead atoms. The number of aromatic nitrogens is 1. The van der Waals surface area contributed by atoms with E-state index in [0.29, 0.717) is 11.6 Å². The van der Waals surface area contributed by atoms with Crippen LogP contribution in [0.1, 0.15) is 25.4 Å². The minimum atomic E-state index is -1.04. The number of oxazole rings is 1. The van der Waals surface area contributed by atoms with Crippen LogP contribution in [0, 0.1) is 12.8 Å². The number of hydrogen-bond donors (Lipinski definition) is 2. The first-order valence-electron chi connectivity index (χ1n) is 5.33. The van der Waals surface area contributed by atoms with Gasteiger partial charge in [-0.15, -0.1) is 0 Å². The number of carbonyl (C=O) groups excluding carboxylic acids is 1. The minimum absolute atomic E-state index is 0.0217. The van der Waals surface area contributed by atoms with Gasteiger partial charge in [-0.1, -0.05) is 13.8 Å². The van der Waals surface area contributed by atoms with Gasteiger partial charge in [-0.3, -0.25) is 4.79 Å². The summed E-state index contributed by atoms with van der Waals surface area (Å²) in [4.78, 5) is 26.4. The lowest BCUT2D eigenvalue weighted by Gasteiger charge is -2.17. The van der Waals surface area contributed by atoms with Crippen molar-refractivity contribution >= 4 is 11.9 Å². The molecule has 0 aliphatic rings. The molecular formula is C11H16N2O4. The number of aryl methyl sites for hydroxylation is 1. The summed E-state index contributed by atoms with van der Waals surface area (Å²) >= 11 is 0. The number of amides is 1. The van der Waals surface area contributed by atoms with Crippen molar-refractivity contribution in [2.75, 3.05) is 0 Å². The van der Waals surface area contributed by atoms with E-state index in [2.05, 4.69) is 10.3 Å². The van der Waals surface area contributed by atoms with Gasteiger partial charge in [-0.05, 0) is 5.92 Å². The van der Waals surface area contributed by atoms with Gasteiger partial charge in [0, 0.05) is 6.92 Å². The third-order valence-electron chi connectivity index (χ3n) is 2.26. The number of nitrogens with one attached hydrogen (secondary N) is 1. The highest BCUT2D eigenvalue weighted by Crippen LogP contribution is 2.04. The number of carboxylic acids is 1. The van der Waals surface area contributed by atoms with Gasteiger partial charge < -0.3 is 14.8 Å². The van der Waals surface area contributed by atoms with Gasteiger partial charge in [-0.25, -0.2) is 9.78 Å². The van der Waals surface area contributed by atoms with Crippen LogP contribution < -0.4 is 5.32 Å². The first-order chi connectivity index (χ1) is 7.90. The van der Waals surface area contributed by atoms with E-state index in [-0.39, 0.29) is 18.2 Å². The Bertz CT molecular complexity index is 411. The van der Waals surface area contributed by atoms with E-state index >= 15 is 0 Å². The smallest absolute Gasteiger partial charge is 0.326 e. The Balaban J connectivity index is 2.56. The highest BCUT2D eigenvalue weighted by molar-refractivity contribution is 5.84. The SMILES string of the molecule is Cc1nc(CC(=O)N[C@H](C(=O)O)C(C)C)co1. The molecule has 1 rings (SSSR count). The van der Waals surface area contributed by atoms with Crippen molar-refractivity contribution in [2.24, 2.45) is 5.92 Å². The molecule has 17 heavy (non-hydrogen) atoms. The molecule has 0 unspecified atom stereocenters. The summed E-state index contributed by atoms with van der Waals surface area (Å²) in [6.45, 7) is 5.15. The number of aliphatic carboxylic acids is 1. The van der Waals surface area contributed by atoms with Crippen molar-refractivity contribution in [3.05, 3.63) is 17.8 Å². The average molecular weight is 240 g/mol. The molecule has 0 saturated heterocycles. The molecule has 0 aliphatic carbocycles. The van der Waals surface area contributed by atoms with Gasteiger partial charge in [0.25, 0.3) is 0 Å². The number of carbonyl (C=O) groups is 2. The largest absolute Gasteiger partial charge is 0.480 e. The predicted octanol–water partition coefficient (Wildman–Crippen LogP) is 0.751. The monoisotopic (exact) mass is 240 g/mol. The van der Waals surface area contributed by atoms with Gasteiger partial charge in [0.1, 0.15) is 12.3 Å². The fourth-order valence-corrected chi connectivity index (χ4v) is 1.39. The van der Waals surface area contributed by atoms with Gasteiger partial charge >= 0.3 is 5.97 Å². The van der Waals surface area contributed by atoms with Crippen LogP contribution in [0.3, 0.4) is 0 Å². The van der Waals surface area contributed by atoms with Crippen molar-refractivity contribution in [3.8, 4) is 0 Å². The zero-order chi connectivity index (χ0) is 13.0. The van der Waals surface area contributed by atoms with Crippen LogP contribution in [0.15, 0.2) is 10.7 Å². The van der Waals surface area contributed by atoms with Crippen LogP contribution in [0.4, 0.5) is 0 Å². The Morgan fingerprint density at radius 1 is 1.53 bits per heavy atom. The van der Waals surface area contributed by atoms with Crippen molar-refractivity contribution in [2.45, 2.75) is 33.2 Å². The molecule has 1 atom stereocenters. The minimum Gasteiger partial charge on any atom is -0.480 e. The molecule has 0 spiro atoms. The second kappa shape index (κ2) is 5.47. The van der Waals surface area contributed by atoms with E-state index in [9.17, 15) is 9.59 Å². The topological polar surface area (TPSA) is 92.4 Å². The third kappa shape index (κ3) is 3.90. The number of carboxylic acid groups (broad SMARTS) is 1. The van der Waals surface area contributed by atoms with Crippen molar-refractivity contribution in [3.63, 3.8) is 0 Å². The Labute approximate surface area is 99.0 Å². The summed E-state index contributed by atoms with van der Waals surface area (Å²) in [7, 11) is 0. The fraction of sp³-hybridized carbons (Fsp3) is 0.545. The highest BCUT2D eigenvalue weighted by atomic mass is 16.4. The molecule has 1 amide bonds. The summed E-state index contributed by atoms with van der Waals surface area (Å²) in [6, 6.07) is -0.879. The van der Waals surface area contributed by atoms with Gasteiger partial charge in [-0.2, -0.15) is 0 Å².